The SMILES string of the molecule is CCCc1nc(-c2nc3scc(-c4ccccc4)c3c(=O)[nH]2)co1. The Bertz CT molecular complexity index is 1050. The minimum atomic E-state index is -0.157. The Morgan fingerprint density at radius 1 is 1.21 bits per heavy atom. The molecule has 0 radical (unpaired) electrons. The number of aromatic amines is 1. The number of benzene rings is 1. The van der Waals surface area contributed by atoms with E-state index in [9.17, 15) is 4.79 Å². The average Bonchev–Trinajstić information content (AvgIpc) is 3.23. The largest absolute Gasteiger partial charge is 0.448 e. The maximum absolute atomic E-state index is 12.6. The van der Waals surface area contributed by atoms with Crippen molar-refractivity contribution in [1.29, 1.82) is 0 Å². The van der Waals surface area contributed by atoms with Crippen LogP contribution in [0, 0.1) is 0 Å². The molecule has 120 valence electrons. The molecule has 1 N–H and O–H groups in total. The highest BCUT2D eigenvalue weighted by Gasteiger charge is 2.15. The van der Waals surface area contributed by atoms with Crippen LogP contribution in [0.25, 0.3) is 32.9 Å². The summed E-state index contributed by atoms with van der Waals surface area (Å²) in [5.74, 6) is 1.10. The van der Waals surface area contributed by atoms with Crippen LogP contribution in [0.4, 0.5) is 0 Å². The minimum Gasteiger partial charge on any atom is -0.448 e. The number of H-pyrrole nitrogens is 1. The van der Waals surface area contributed by atoms with Crippen LogP contribution in [-0.4, -0.2) is 15.0 Å². The van der Waals surface area contributed by atoms with Gasteiger partial charge in [-0.3, -0.25) is 4.79 Å². The van der Waals surface area contributed by atoms with Crippen molar-refractivity contribution in [3.63, 3.8) is 0 Å². The van der Waals surface area contributed by atoms with Gasteiger partial charge in [0.2, 0.25) is 0 Å². The monoisotopic (exact) mass is 337 g/mol. The molecule has 24 heavy (non-hydrogen) atoms. The summed E-state index contributed by atoms with van der Waals surface area (Å²) in [6.07, 6.45) is 3.26. The number of hydrogen-bond acceptors (Lipinski definition) is 5. The normalized spacial score (nSPS) is 11.2. The zero-order valence-electron chi connectivity index (χ0n) is 13.1. The van der Waals surface area contributed by atoms with Gasteiger partial charge in [0, 0.05) is 17.4 Å². The molecular weight excluding hydrogens is 322 g/mol. The van der Waals surface area contributed by atoms with E-state index in [2.05, 4.69) is 21.9 Å². The predicted molar refractivity (Wildman–Crippen MR) is 95.2 cm³/mol. The molecule has 0 atom stereocenters. The highest BCUT2D eigenvalue weighted by atomic mass is 32.1. The molecule has 4 aromatic rings. The number of rotatable bonds is 4. The second-order valence-electron chi connectivity index (χ2n) is 5.49. The molecule has 0 aliphatic carbocycles. The van der Waals surface area contributed by atoms with Crippen molar-refractivity contribution in [3.05, 3.63) is 58.2 Å². The van der Waals surface area contributed by atoms with Gasteiger partial charge in [-0.15, -0.1) is 11.3 Å². The first-order chi connectivity index (χ1) is 11.8. The molecule has 5 nitrogen and oxygen atoms in total. The third-order valence-corrected chi connectivity index (χ3v) is 4.66. The number of nitrogens with zero attached hydrogens (tertiary/aromatic N) is 2. The summed E-state index contributed by atoms with van der Waals surface area (Å²) in [7, 11) is 0. The van der Waals surface area contributed by atoms with Gasteiger partial charge in [-0.25, -0.2) is 9.97 Å². The van der Waals surface area contributed by atoms with Crippen molar-refractivity contribution in [3.8, 4) is 22.6 Å². The Hall–Kier alpha value is -2.73. The number of thiophene rings is 1. The Labute approximate surface area is 142 Å². The standard InChI is InChI=1S/C18H15N3O2S/c1-2-6-14-19-13(9-23-14)16-20-17(22)15-12(10-24-18(15)21-16)11-7-4-3-5-8-11/h3-5,7-10H,2,6H2,1H3,(H,20,21,22). The van der Waals surface area contributed by atoms with E-state index in [0.29, 0.717) is 27.6 Å². The molecule has 3 heterocycles. The van der Waals surface area contributed by atoms with Gasteiger partial charge in [0.25, 0.3) is 5.56 Å². The maximum atomic E-state index is 12.6. The van der Waals surface area contributed by atoms with Crippen LogP contribution in [0.1, 0.15) is 19.2 Å². The Morgan fingerprint density at radius 2 is 2.04 bits per heavy atom. The Balaban J connectivity index is 1.83. The van der Waals surface area contributed by atoms with Crippen LogP contribution in [0.5, 0.6) is 0 Å². The van der Waals surface area contributed by atoms with E-state index in [0.717, 1.165) is 24.0 Å². The molecule has 0 unspecified atom stereocenters. The number of nitrogens with one attached hydrogen (secondary N) is 1. The lowest BCUT2D eigenvalue weighted by molar-refractivity contribution is 0.491. The minimum absolute atomic E-state index is 0.157. The average molecular weight is 337 g/mol. The molecule has 3 aromatic heterocycles. The van der Waals surface area contributed by atoms with Crippen molar-refractivity contribution in [2.24, 2.45) is 0 Å². The number of aryl methyl sites for hydroxylation is 1. The number of aromatic nitrogens is 3. The zero-order chi connectivity index (χ0) is 16.5. The van der Waals surface area contributed by atoms with Crippen molar-refractivity contribution in [2.45, 2.75) is 19.8 Å². The fourth-order valence-corrected chi connectivity index (χ4v) is 3.60. The summed E-state index contributed by atoms with van der Waals surface area (Å²) in [5.41, 5.74) is 2.32. The Kier molecular flexibility index (Phi) is 3.74. The van der Waals surface area contributed by atoms with Gasteiger partial charge >= 0.3 is 0 Å². The van der Waals surface area contributed by atoms with Crippen LogP contribution in [0.3, 0.4) is 0 Å². The van der Waals surface area contributed by atoms with E-state index < -0.39 is 0 Å². The van der Waals surface area contributed by atoms with Gasteiger partial charge in [0.15, 0.2) is 11.7 Å². The number of oxazole rings is 1. The second-order valence-corrected chi connectivity index (χ2v) is 6.34. The summed E-state index contributed by atoms with van der Waals surface area (Å²) in [4.78, 5) is 25.1. The molecule has 0 saturated carbocycles. The smallest absolute Gasteiger partial charge is 0.260 e. The van der Waals surface area contributed by atoms with Gasteiger partial charge in [0.05, 0.1) is 5.39 Å². The third-order valence-electron chi connectivity index (χ3n) is 3.79. The van der Waals surface area contributed by atoms with Crippen molar-refractivity contribution < 1.29 is 4.42 Å². The lowest BCUT2D eigenvalue weighted by atomic mass is 10.1. The Morgan fingerprint density at radius 3 is 2.83 bits per heavy atom. The second kappa shape index (κ2) is 6.05. The summed E-state index contributed by atoms with van der Waals surface area (Å²) in [6, 6.07) is 9.85. The van der Waals surface area contributed by atoms with Crippen molar-refractivity contribution >= 4 is 21.6 Å². The van der Waals surface area contributed by atoms with E-state index in [4.69, 9.17) is 4.42 Å². The fourth-order valence-electron chi connectivity index (χ4n) is 2.65. The van der Waals surface area contributed by atoms with Crippen LogP contribution < -0.4 is 5.56 Å². The van der Waals surface area contributed by atoms with Crippen LogP contribution in [-0.2, 0) is 6.42 Å². The lowest BCUT2D eigenvalue weighted by Crippen LogP contribution is -2.09. The summed E-state index contributed by atoms with van der Waals surface area (Å²) in [5, 5.41) is 2.59. The predicted octanol–water partition coefficient (Wildman–Crippen LogP) is 4.26. The third kappa shape index (κ3) is 2.55. The lowest BCUT2D eigenvalue weighted by Gasteiger charge is -2.00. The molecule has 6 heteroatoms. The first kappa shape index (κ1) is 14.8. The van der Waals surface area contributed by atoms with E-state index in [1.165, 1.54) is 11.3 Å². The van der Waals surface area contributed by atoms with Crippen LogP contribution in [0.2, 0.25) is 0 Å². The molecule has 0 aliphatic heterocycles. The molecule has 0 bridgehead atoms. The molecule has 4 rings (SSSR count). The molecule has 0 saturated heterocycles. The van der Waals surface area contributed by atoms with Gasteiger partial charge in [0.1, 0.15) is 16.8 Å². The molecular formula is C18H15N3O2S. The fraction of sp³-hybridized carbons (Fsp3) is 0.167. The highest BCUT2D eigenvalue weighted by molar-refractivity contribution is 7.17. The summed E-state index contributed by atoms with van der Waals surface area (Å²) >= 11 is 1.46. The van der Waals surface area contributed by atoms with E-state index >= 15 is 0 Å². The molecule has 0 spiro atoms. The van der Waals surface area contributed by atoms with E-state index in [-0.39, 0.29) is 5.56 Å². The van der Waals surface area contributed by atoms with Gasteiger partial charge < -0.3 is 9.40 Å². The molecule has 0 amide bonds. The first-order valence-corrected chi connectivity index (χ1v) is 8.66. The molecule has 1 aromatic carbocycles. The van der Waals surface area contributed by atoms with Gasteiger partial charge in [-0.1, -0.05) is 37.3 Å². The van der Waals surface area contributed by atoms with Gasteiger partial charge in [-0.05, 0) is 12.0 Å². The number of fused-ring (bicyclic) bond motifs is 1. The van der Waals surface area contributed by atoms with Crippen LogP contribution in [0.15, 0.2) is 51.2 Å². The highest BCUT2D eigenvalue weighted by Crippen LogP contribution is 2.31. The summed E-state index contributed by atoms with van der Waals surface area (Å²) in [6.45, 7) is 2.06. The van der Waals surface area contributed by atoms with Gasteiger partial charge in [-0.2, -0.15) is 0 Å². The van der Waals surface area contributed by atoms with Crippen LogP contribution >= 0.6 is 11.3 Å². The maximum Gasteiger partial charge on any atom is 0.260 e. The van der Waals surface area contributed by atoms with E-state index in [1.54, 1.807) is 6.26 Å². The summed E-state index contributed by atoms with van der Waals surface area (Å²) < 4.78 is 5.42. The topological polar surface area (TPSA) is 71.8 Å². The molecule has 0 aliphatic rings. The number of hydrogen-bond donors (Lipinski definition) is 1. The van der Waals surface area contributed by atoms with E-state index in [1.807, 2.05) is 35.7 Å². The molecule has 0 fully saturated rings. The van der Waals surface area contributed by atoms with Crippen molar-refractivity contribution in [2.75, 3.05) is 0 Å². The van der Waals surface area contributed by atoms with Crippen molar-refractivity contribution in [1.82, 2.24) is 15.0 Å². The first-order valence-electron chi connectivity index (χ1n) is 7.78. The quantitative estimate of drug-likeness (QED) is 0.604. The zero-order valence-corrected chi connectivity index (χ0v) is 13.9.